The van der Waals surface area contributed by atoms with E-state index in [0.29, 0.717) is 16.8 Å². The second-order valence-corrected chi connectivity index (χ2v) is 3.47. The van der Waals surface area contributed by atoms with Gasteiger partial charge in [-0.3, -0.25) is 0 Å². The number of nitrogens with one attached hydrogen (secondary N) is 1. The molecule has 0 aromatic heterocycles. The van der Waals surface area contributed by atoms with Gasteiger partial charge in [0.2, 0.25) is 0 Å². The fourth-order valence-electron chi connectivity index (χ4n) is 0.976. The van der Waals surface area contributed by atoms with Crippen molar-refractivity contribution in [2.45, 2.75) is 19.9 Å². The van der Waals surface area contributed by atoms with Gasteiger partial charge in [-0.15, -0.1) is 12.4 Å². The van der Waals surface area contributed by atoms with Gasteiger partial charge in [0.15, 0.2) is 0 Å². The molecule has 0 amide bonds. The molecule has 2 nitrogen and oxygen atoms in total. The number of halogens is 2. The zero-order valence-corrected chi connectivity index (χ0v) is 9.25. The average molecular weight is 221 g/mol. The topological polar surface area (TPSA) is 38.0 Å². The summed E-state index contributed by atoms with van der Waals surface area (Å²) in [6.07, 6.45) is 0. The molecule has 0 atom stereocenters. The Balaban J connectivity index is 0.00000144. The first-order valence-corrected chi connectivity index (χ1v) is 4.29. The predicted molar refractivity (Wildman–Crippen MR) is 61.9 cm³/mol. The fraction of sp³-hybridized carbons (Fsp3) is 0.333. The van der Waals surface area contributed by atoms with Crippen LogP contribution in [-0.4, -0.2) is 6.04 Å². The van der Waals surface area contributed by atoms with Crippen LogP contribution in [0.4, 0.5) is 11.4 Å². The molecule has 13 heavy (non-hydrogen) atoms. The maximum absolute atomic E-state index is 5.75. The van der Waals surface area contributed by atoms with Crippen molar-refractivity contribution in [1.82, 2.24) is 0 Å². The Morgan fingerprint density at radius 3 is 2.46 bits per heavy atom. The van der Waals surface area contributed by atoms with E-state index in [9.17, 15) is 0 Å². The molecule has 0 radical (unpaired) electrons. The van der Waals surface area contributed by atoms with E-state index in [1.807, 2.05) is 12.1 Å². The molecule has 0 saturated carbocycles. The summed E-state index contributed by atoms with van der Waals surface area (Å²) in [6, 6.07) is 5.83. The van der Waals surface area contributed by atoms with Crippen molar-refractivity contribution in [3.8, 4) is 0 Å². The van der Waals surface area contributed by atoms with E-state index in [0.717, 1.165) is 5.69 Å². The second kappa shape index (κ2) is 5.20. The molecule has 0 fully saturated rings. The van der Waals surface area contributed by atoms with Crippen molar-refractivity contribution in [2.75, 3.05) is 11.1 Å². The van der Waals surface area contributed by atoms with Crippen molar-refractivity contribution in [2.24, 2.45) is 0 Å². The standard InChI is InChI=1S/C9H13ClN2.ClH/c1-6(2)12-9-4-3-7(10)5-8(9)11;/h3-6,12H,11H2,1-2H3;1H. The molecule has 74 valence electrons. The Morgan fingerprint density at radius 1 is 1.38 bits per heavy atom. The van der Waals surface area contributed by atoms with Crippen LogP contribution in [0.3, 0.4) is 0 Å². The van der Waals surface area contributed by atoms with E-state index >= 15 is 0 Å². The zero-order chi connectivity index (χ0) is 9.14. The summed E-state index contributed by atoms with van der Waals surface area (Å²) >= 11 is 5.75. The van der Waals surface area contributed by atoms with Crippen LogP contribution in [-0.2, 0) is 0 Å². The van der Waals surface area contributed by atoms with Crippen LogP contribution in [0.5, 0.6) is 0 Å². The van der Waals surface area contributed by atoms with Crippen LogP contribution in [0.15, 0.2) is 18.2 Å². The van der Waals surface area contributed by atoms with Gasteiger partial charge in [0.05, 0.1) is 11.4 Å². The van der Waals surface area contributed by atoms with Crippen molar-refractivity contribution in [3.05, 3.63) is 23.2 Å². The van der Waals surface area contributed by atoms with Gasteiger partial charge in [-0.2, -0.15) is 0 Å². The third-order valence-corrected chi connectivity index (χ3v) is 1.69. The quantitative estimate of drug-likeness (QED) is 0.752. The minimum atomic E-state index is 0. The average Bonchev–Trinajstić information content (AvgIpc) is 1.94. The summed E-state index contributed by atoms with van der Waals surface area (Å²) in [7, 11) is 0. The molecule has 0 unspecified atom stereocenters. The summed E-state index contributed by atoms with van der Waals surface area (Å²) in [5, 5.41) is 3.88. The maximum Gasteiger partial charge on any atom is 0.0576 e. The first kappa shape index (κ1) is 12.4. The van der Waals surface area contributed by atoms with Gasteiger partial charge < -0.3 is 11.1 Å². The highest BCUT2D eigenvalue weighted by molar-refractivity contribution is 6.31. The Labute approximate surface area is 89.9 Å². The van der Waals surface area contributed by atoms with Gasteiger partial charge in [-0.05, 0) is 32.0 Å². The molecule has 0 aliphatic carbocycles. The smallest absolute Gasteiger partial charge is 0.0576 e. The molecule has 0 bridgehead atoms. The number of hydrogen-bond acceptors (Lipinski definition) is 2. The lowest BCUT2D eigenvalue weighted by atomic mass is 10.2. The number of nitrogens with two attached hydrogens (primary N) is 1. The highest BCUT2D eigenvalue weighted by Gasteiger charge is 2.00. The molecule has 3 N–H and O–H groups in total. The minimum Gasteiger partial charge on any atom is -0.397 e. The number of benzene rings is 1. The van der Waals surface area contributed by atoms with Gasteiger partial charge in [0.1, 0.15) is 0 Å². The van der Waals surface area contributed by atoms with E-state index in [4.69, 9.17) is 17.3 Å². The highest BCUT2D eigenvalue weighted by atomic mass is 35.5. The van der Waals surface area contributed by atoms with Gasteiger partial charge in [0, 0.05) is 11.1 Å². The van der Waals surface area contributed by atoms with Crippen molar-refractivity contribution < 1.29 is 0 Å². The normalized spacial score (nSPS) is 9.54. The number of nitrogen functional groups attached to an aromatic ring is 1. The third-order valence-electron chi connectivity index (χ3n) is 1.46. The van der Waals surface area contributed by atoms with Crippen LogP contribution in [0, 0.1) is 0 Å². The number of anilines is 2. The molecule has 0 aliphatic rings. The van der Waals surface area contributed by atoms with E-state index in [2.05, 4.69) is 19.2 Å². The second-order valence-electron chi connectivity index (χ2n) is 3.03. The molecular weight excluding hydrogens is 207 g/mol. The van der Waals surface area contributed by atoms with Gasteiger partial charge >= 0.3 is 0 Å². The summed E-state index contributed by atoms with van der Waals surface area (Å²) in [4.78, 5) is 0. The van der Waals surface area contributed by atoms with E-state index in [1.54, 1.807) is 6.07 Å². The lowest BCUT2D eigenvalue weighted by molar-refractivity contribution is 0.900. The molecule has 0 spiro atoms. The summed E-state index contributed by atoms with van der Waals surface area (Å²) in [6.45, 7) is 4.13. The van der Waals surface area contributed by atoms with Crippen molar-refractivity contribution in [3.63, 3.8) is 0 Å². The lowest BCUT2D eigenvalue weighted by Gasteiger charge is -2.12. The van der Waals surface area contributed by atoms with Crippen LogP contribution >= 0.6 is 24.0 Å². The molecular formula is C9H14Cl2N2. The molecule has 1 rings (SSSR count). The number of hydrogen-bond donors (Lipinski definition) is 2. The van der Waals surface area contributed by atoms with Gasteiger partial charge in [-0.1, -0.05) is 11.6 Å². The Bertz CT molecular complexity index is 274. The number of rotatable bonds is 2. The highest BCUT2D eigenvalue weighted by Crippen LogP contribution is 2.22. The van der Waals surface area contributed by atoms with Gasteiger partial charge in [-0.25, -0.2) is 0 Å². The van der Waals surface area contributed by atoms with E-state index in [-0.39, 0.29) is 12.4 Å². The molecule has 0 saturated heterocycles. The monoisotopic (exact) mass is 220 g/mol. The third kappa shape index (κ3) is 3.75. The molecule has 0 heterocycles. The fourth-order valence-corrected chi connectivity index (χ4v) is 1.16. The largest absolute Gasteiger partial charge is 0.397 e. The Hall–Kier alpha value is -0.600. The summed E-state index contributed by atoms with van der Waals surface area (Å²) in [5.41, 5.74) is 7.35. The van der Waals surface area contributed by atoms with Crippen molar-refractivity contribution >= 4 is 35.4 Å². The van der Waals surface area contributed by atoms with Crippen molar-refractivity contribution in [1.29, 1.82) is 0 Å². The minimum absolute atomic E-state index is 0. The van der Waals surface area contributed by atoms with E-state index in [1.165, 1.54) is 0 Å². The summed E-state index contributed by atoms with van der Waals surface area (Å²) in [5.74, 6) is 0. The van der Waals surface area contributed by atoms with Crippen LogP contribution in [0.25, 0.3) is 0 Å². The lowest BCUT2D eigenvalue weighted by Crippen LogP contribution is -2.11. The first-order valence-electron chi connectivity index (χ1n) is 3.91. The van der Waals surface area contributed by atoms with Crippen LogP contribution < -0.4 is 11.1 Å². The summed E-state index contributed by atoms with van der Waals surface area (Å²) < 4.78 is 0. The Morgan fingerprint density at radius 2 is 2.00 bits per heavy atom. The van der Waals surface area contributed by atoms with Crippen LogP contribution in [0.1, 0.15) is 13.8 Å². The molecule has 1 aromatic rings. The molecule has 1 aromatic carbocycles. The van der Waals surface area contributed by atoms with Gasteiger partial charge in [0.25, 0.3) is 0 Å². The first-order chi connectivity index (χ1) is 5.59. The molecule has 0 aliphatic heterocycles. The molecule has 4 heteroatoms. The Kier molecular flexibility index (Phi) is 4.96. The van der Waals surface area contributed by atoms with Crippen LogP contribution in [0.2, 0.25) is 5.02 Å². The van der Waals surface area contributed by atoms with E-state index < -0.39 is 0 Å². The maximum atomic E-state index is 5.75. The zero-order valence-electron chi connectivity index (χ0n) is 7.67. The SMILES string of the molecule is CC(C)Nc1ccc(Cl)cc1N.Cl. The predicted octanol–water partition coefficient (Wildman–Crippen LogP) is 3.16.